The van der Waals surface area contributed by atoms with Gasteiger partial charge in [-0.15, -0.1) is 0 Å². The van der Waals surface area contributed by atoms with Gasteiger partial charge in [-0.25, -0.2) is 0 Å². The van der Waals surface area contributed by atoms with Crippen LogP contribution in [0.1, 0.15) is 12.8 Å². The first-order chi connectivity index (χ1) is 5.33. The lowest BCUT2D eigenvalue weighted by Crippen LogP contribution is -2.37. The van der Waals surface area contributed by atoms with Crippen LogP contribution in [0.4, 0.5) is 0 Å². The first-order valence-corrected chi connectivity index (χ1v) is 4.33. The smallest absolute Gasteiger partial charge is 0.0703 e. The molecule has 1 rings (SSSR count). The van der Waals surface area contributed by atoms with Crippen molar-refractivity contribution in [1.82, 2.24) is 4.90 Å². The average Bonchev–Trinajstić information content (AvgIpc) is 2.01. The van der Waals surface area contributed by atoms with Gasteiger partial charge in [-0.2, -0.15) is 0 Å². The summed E-state index contributed by atoms with van der Waals surface area (Å²) in [5.74, 6) is 0. The molecule has 0 bridgehead atoms. The number of piperidine rings is 1. The fraction of sp³-hybridized carbons (Fsp3) is 1.00. The van der Waals surface area contributed by atoms with Crippen LogP contribution in [-0.4, -0.2) is 44.3 Å². The minimum absolute atomic E-state index is 0.428. The number of hydrogen-bond acceptors (Lipinski definition) is 3. The molecule has 0 aromatic heterocycles. The molecular weight excluding hydrogens is 140 g/mol. The number of likely N-dealkylation sites (N-methyl/N-ethyl adjacent to an activating group) is 1. The summed E-state index contributed by atoms with van der Waals surface area (Å²) < 4.78 is 5.54. The summed E-state index contributed by atoms with van der Waals surface area (Å²) in [6, 6.07) is 0. The summed E-state index contributed by atoms with van der Waals surface area (Å²) in [5.41, 5.74) is 5.34. The van der Waals surface area contributed by atoms with Crippen LogP contribution in [0.3, 0.4) is 0 Å². The molecule has 0 amide bonds. The Morgan fingerprint density at radius 1 is 1.64 bits per heavy atom. The van der Waals surface area contributed by atoms with Crippen LogP contribution in [0.15, 0.2) is 0 Å². The zero-order valence-electron chi connectivity index (χ0n) is 7.25. The predicted octanol–water partition coefficient (Wildman–Crippen LogP) is 0.0559. The van der Waals surface area contributed by atoms with Gasteiger partial charge in [0.2, 0.25) is 0 Å². The maximum absolute atomic E-state index is 5.54. The standard InChI is InChI=1S/C8H18N2O/c1-10-5-2-3-8(7-10)11-6-4-9/h8H,2-7,9H2,1H3/t8-/m1/s1. The van der Waals surface area contributed by atoms with E-state index in [4.69, 9.17) is 10.5 Å². The van der Waals surface area contributed by atoms with Gasteiger partial charge in [0.15, 0.2) is 0 Å². The molecule has 1 fully saturated rings. The van der Waals surface area contributed by atoms with E-state index < -0.39 is 0 Å². The van der Waals surface area contributed by atoms with E-state index in [2.05, 4.69) is 11.9 Å². The molecular formula is C8H18N2O. The Hall–Kier alpha value is -0.120. The van der Waals surface area contributed by atoms with Crippen molar-refractivity contribution < 1.29 is 4.74 Å². The second-order valence-corrected chi connectivity index (χ2v) is 3.19. The molecule has 1 saturated heterocycles. The highest BCUT2D eigenvalue weighted by atomic mass is 16.5. The maximum Gasteiger partial charge on any atom is 0.0703 e. The van der Waals surface area contributed by atoms with Crippen LogP contribution in [0.5, 0.6) is 0 Å². The van der Waals surface area contributed by atoms with Crippen molar-refractivity contribution in [3.63, 3.8) is 0 Å². The lowest BCUT2D eigenvalue weighted by Gasteiger charge is -2.29. The Kier molecular flexibility index (Phi) is 3.83. The van der Waals surface area contributed by atoms with E-state index in [1.807, 2.05) is 0 Å². The second-order valence-electron chi connectivity index (χ2n) is 3.19. The predicted molar refractivity (Wildman–Crippen MR) is 45.5 cm³/mol. The van der Waals surface area contributed by atoms with E-state index in [-0.39, 0.29) is 0 Å². The maximum atomic E-state index is 5.54. The minimum atomic E-state index is 0.428. The largest absolute Gasteiger partial charge is 0.376 e. The Bertz CT molecular complexity index is 108. The van der Waals surface area contributed by atoms with E-state index in [0.717, 1.165) is 6.54 Å². The third kappa shape index (κ3) is 3.18. The van der Waals surface area contributed by atoms with Crippen molar-refractivity contribution in [2.45, 2.75) is 18.9 Å². The molecule has 11 heavy (non-hydrogen) atoms. The zero-order valence-corrected chi connectivity index (χ0v) is 7.25. The highest BCUT2D eigenvalue weighted by molar-refractivity contribution is 4.70. The fourth-order valence-electron chi connectivity index (χ4n) is 1.49. The second kappa shape index (κ2) is 4.70. The Balaban J connectivity index is 2.12. The van der Waals surface area contributed by atoms with E-state index in [1.54, 1.807) is 0 Å². The van der Waals surface area contributed by atoms with Crippen LogP contribution in [-0.2, 0) is 4.74 Å². The molecule has 0 aromatic rings. The van der Waals surface area contributed by atoms with Gasteiger partial charge in [0.25, 0.3) is 0 Å². The third-order valence-corrected chi connectivity index (χ3v) is 2.05. The van der Waals surface area contributed by atoms with E-state index >= 15 is 0 Å². The topological polar surface area (TPSA) is 38.5 Å². The molecule has 0 aliphatic carbocycles. The highest BCUT2D eigenvalue weighted by Crippen LogP contribution is 2.10. The van der Waals surface area contributed by atoms with Crippen LogP contribution in [0.2, 0.25) is 0 Å². The van der Waals surface area contributed by atoms with Crippen molar-refractivity contribution in [3.05, 3.63) is 0 Å². The monoisotopic (exact) mass is 158 g/mol. The SMILES string of the molecule is CN1CCC[C@@H](OCCN)C1. The number of nitrogens with two attached hydrogens (primary N) is 1. The number of likely N-dealkylation sites (tertiary alicyclic amines) is 1. The average molecular weight is 158 g/mol. The number of hydrogen-bond donors (Lipinski definition) is 1. The third-order valence-electron chi connectivity index (χ3n) is 2.05. The molecule has 1 atom stereocenters. The lowest BCUT2D eigenvalue weighted by atomic mass is 10.1. The van der Waals surface area contributed by atoms with Gasteiger partial charge in [-0.05, 0) is 26.4 Å². The van der Waals surface area contributed by atoms with Gasteiger partial charge >= 0.3 is 0 Å². The fourth-order valence-corrected chi connectivity index (χ4v) is 1.49. The van der Waals surface area contributed by atoms with Crippen molar-refractivity contribution in [2.24, 2.45) is 5.73 Å². The highest BCUT2D eigenvalue weighted by Gasteiger charge is 2.16. The van der Waals surface area contributed by atoms with E-state index in [9.17, 15) is 0 Å². The molecule has 0 spiro atoms. The van der Waals surface area contributed by atoms with Crippen LogP contribution >= 0.6 is 0 Å². The van der Waals surface area contributed by atoms with Crippen LogP contribution in [0, 0.1) is 0 Å². The van der Waals surface area contributed by atoms with Gasteiger partial charge in [-0.3, -0.25) is 0 Å². The van der Waals surface area contributed by atoms with Gasteiger partial charge < -0.3 is 15.4 Å². The normalized spacial score (nSPS) is 27.3. The molecule has 1 aliphatic rings. The zero-order chi connectivity index (χ0) is 8.10. The molecule has 3 nitrogen and oxygen atoms in total. The van der Waals surface area contributed by atoms with Gasteiger partial charge in [-0.1, -0.05) is 0 Å². The lowest BCUT2D eigenvalue weighted by molar-refractivity contribution is 0.0105. The summed E-state index contributed by atoms with van der Waals surface area (Å²) in [5, 5.41) is 0. The van der Waals surface area contributed by atoms with E-state index in [0.29, 0.717) is 19.3 Å². The minimum Gasteiger partial charge on any atom is -0.376 e. The molecule has 1 aliphatic heterocycles. The molecule has 66 valence electrons. The first-order valence-electron chi connectivity index (χ1n) is 4.33. The molecule has 0 radical (unpaired) electrons. The number of nitrogens with zero attached hydrogens (tertiary/aromatic N) is 1. The Morgan fingerprint density at radius 3 is 3.09 bits per heavy atom. The number of rotatable bonds is 3. The summed E-state index contributed by atoms with van der Waals surface area (Å²) in [6.07, 6.45) is 2.88. The molecule has 0 aromatic carbocycles. The van der Waals surface area contributed by atoms with Crippen LogP contribution < -0.4 is 5.73 Å². The molecule has 1 heterocycles. The van der Waals surface area contributed by atoms with Gasteiger partial charge in [0.05, 0.1) is 12.7 Å². The summed E-state index contributed by atoms with van der Waals surface area (Å²) >= 11 is 0. The summed E-state index contributed by atoms with van der Waals surface area (Å²) in [4.78, 5) is 2.31. The van der Waals surface area contributed by atoms with Crippen molar-refractivity contribution in [1.29, 1.82) is 0 Å². The van der Waals surface area contributed by atoms with Crippen LogP contribution in [0.25, 0.3) is 0 Å². The molecule has 2 N–H and O–H groups in total. The van der Waals surface area contributed by atoms with Crippen molar-refractivity contribution in [2.75, 3.05) is 33.3 Å². The first kappa shape index (κ1) is 8.97. The molecule has 0 saturated carbocycles. The molecule has 3 heteroatoms. The van der Waals surface area contributed by atoms with Crippen molar-refractivity contribution >= 4 is 0 Å². The van der Waals surface area contributed by atoms with E-state index in [1.165, 1.54) is 19.4 Å². The Labute approximate surface area is 68.5 Å². The number of ether oxygens (including phenoxy) is 1. The van der Waals surface area contributed by atoms with Crippen molar-refractivity contribution in [3.8, 4) is 0 Å². The summed E-state index contributed by atoms with van der Waals surface area (Å²) in [7, 11) is 2.14. The molecule has 0 unspecified atom stereocenters. The van der Waals surface area contributed by atoms with Gasteiger partial charge in [0.1, 0.15) is 0 Å². The van der Waals surface area contributed by atoms with Gasteiger partial charge in [0, 0.05) is 13.1 Å². The Morgan fingerprint density at radius 2 is 2.45 bits per heavy atom. The summed E-state index contributed by atoms with van der Waals surface area (Å²) in [6.45, 7) is 3.63. The quantitative estimate of drug-likeness (QED) is 0.631.